The van der Waals surface area contributed by atoms with Gasteiger partial charge in [-0.05, 0) is 70.8 Å². The Labute approximate surface area is 249 Å². The molecule has 0 heterocycles. The van der Waals surface area contributed by atoms with Gasteiger partial charge in [0.15, 0.2) is 0 Å². The minimum atomic E-state index is -0.338. The first-order valence-corrected chi connectivity index (χ1v) is 15.7. The fraction of sp³-hybridized carbons (Fsp3) is 0.278. The number of rotatable bonds is 15. The fourth-order valence-electron chi connectivity index (χ4n) is 4.56. The number of thioether (sulfide) groups is 1. The van der Waals surface area contributed by atoms with E-state index in [1.54, 1.807) is 0 Å². The summed E-state index contributed by atoms with van der Waals surface area (Å²) in [5.41, 5.74) is 5.30. The third-order valence-corrected chi connectivity index (χ3v) is 8.24. The minimum absolute atomic E-state index is 0.338. The highest BCUT2D eigenvalue weighted by atomic mass is 32.2. The molecule has 0 unspecified atom stereocenters. The van der Waals surface area contributed by atoms with Gasteiger partial charge in [-0.1, -0.05) is 118 Å². The second-order valence-electron chi connectivity index (χ2n) is 10.1. The molecule has 4 aromatic rings. The van der Waals surface area contributed by atoms with Crippen molar-refractivity contribution in [2.24, 2.45) is 0 Å². The van der Waals surface area contributed by atoms with Gasteiger partial charge in [0.05, 0.1) is 5.56 Å². The van der Waals surface area contributed by atoms with Gasteiger partial charge in [-0.15, -0.1) is 11.8 Å². The lowest BCUT2D eigenvalue weighted by Gasteiger charge is -2.08. The second kappa shape index (κ2) is 16.2. The second-order valence-corrected chi connectivity index (χ2v) is 11.9. The molecule has 0 aromatic heterocycles. The molecule has 0 atom stereocenters. The van der Waals surface area contributed by atoms with E-state index >= 15 is 0 Å². The maximum Gasteiger partial charge on any atom is 0.343 e. The van der Waals surface area contributed by atoms with Crippen molar-refractivity contribution in [1.29, 1.82) is 0 Å². The third kappa shape index (κ3) is 9.76. The molecule has 0 fully saturated rings. The summed E-state index contributed by atoms with van der Waals surface area (Å²) in [5, 5.41) is 0. The molecule has 0 bridgehead atoms. The molecule has 0 aliphatic rings. The van der Waals surface area contributed by atoms with E-state index in [9.17, 15) is 4.79 Å². The van der Waals surface area contributed by atoms with Crippen LogP contribution in [0.1, 0.15) is 66.9 Å². The number of hydrogen-bond donors (Lipinski definition) is 0. The average molecular weight is 567 g/mol. The Kier molecular flexibility index (Phi) is 12.0. The molecule has 4 rings (SSSR count). The Morgan fingerprint density at radius 1 is 0.675 bits per heavy atom. The number of thiocarbonyl (C=S) groups is 1. The van der Waals surface area contributed by atoms with Crippen molar-refractivity contribution in [3.05, 3.63) is 120 Å². The van der Waals surface area contributed by atoms with Gasteiger partial charge in [-0.2, -0.15) is 0 Å². The molecule has 0 aliphatic heterocycles. The number of carbonyl (C=O) groups excluding carboxylic acids is 1. The average Bonchev–Trinajstić information content (AvgIpc) is 2.99. The van der Waals surface area contributed by atoms with Crippen LogP contribution in [0.2, 0.25) is 0 Å². The summed E-state index contributed by atoms with van der Waals surface area (Å²) in [7, 11) is 0. The van der Waals surface area contributed by atoms with E-state index in [2.05, 4.69) is 55.5 Å². The van der Waals surface area contributed by atoms with Crippen LogP contribution in [-0.4, -0.2) is 16.6 Å². The molecule has 0 saturated carbocycles. The zero-order valence-electron chi connectivity index (χ0n) is 23.3. The zero-order chi connectivity index (χ0) is 28.0. The molecule has 0 saturated heterocycles. The highest BCUT2D eigenvalue weighted by Gasteiger charge is 2.10. The van der Waals surface area contributed by atoms with E-state index in [1.165, 1.54) is 60.1 Å². The lowest BCUT2D eigenvalue weighted by atomic mass is 10.0. The van der Waals surface area contributed by atoms with Crippen LogP contribution >= 0.6 is 24.0 Å². The standard InChI is InChI=1S/C36H38O2S2/c1-2-3-4-5-6-10-25-40-35-23-19-32(20-24-35)36(37)38-33-21-15-29(16-22-33)27-34(39)26-28-13-17-31(18-14-28)30-11-8-7-9-12-30/h7-9,11-24H,2-6,10,25-27H2,1H3. The van der Waals surface area contributed by atoms with Crippen molar-refractivity contribution in [2.45, 2.75) is 63.2 Å². The van der Waals surface area contributed by atoms with Crippen molar-refractivity contribution < 1.29 is 9.53 Å². The molecule has 40 heavy (non-hydrogen) atoms. The summed E-state index contributed by atoms with van der Waals surface area (Å²) in [6, 6.07) is 34.4. The number of ether oxygens (including phenoxy) is 1. The maximum atomic E-state index is 12.6. The van der Waals surface area contributed by atoms with Crippen LogP contribution < -0.4 is 4.74 Å². The van der Waals surface area contributed by atoms with Gasteiger partial charge in [0, 0.05) is 22.6 Å². The molecular weight excluding hydrogens is 529 g/mol. The molecule has 4 heteroatoms. The first kappa shape index (κ1) is 29.8. The van der Waals surface area contributed by atoms with Crippen LogP contribution in [-0.2, 0) is 12.8 Å². The Hall–Kier alpha value is -3.21. The van der Waals surface area contributed by atoms with E-state index < -0.39 is 0 Å². The number of carbonyl (C=O) groups is 1. The third-order valence-electron chi connectivity index (χ3n) is 6.85. The van der Waals surface area contributed by atoms with E-state index in [4.69, 9.17) is 17.0 Å². The van der Waals surface area contributed by atoms with E-state index in [-0.39, 0.29) is 5.97 Å². The van der Waals surface area contributed by atoms with Crippen LogP contribution in [0.5, 0.6) is 5.75 Å². The Morgan fingerprint density at radius 2 is 1.25 bits per heavy atom. The monoisotopic (exact) mass is 566 g/mol. The molecule has 0 amide bonds. The maximum absolute atomic E-state index is 12.6. The summed E-state index contributed by atoms with van der Waals surface area (Å²) >= 11 is 7.54. The lowest BCUT2D eigenvalue weighted by molar-refractivity contribution is 0.0734. The predicted octanol–water partition coefficient (Wildman–Crippen LogP) is 10.2. The number of unbranched alkanes of at least 4 members (excludes halogenated alkanes) is 5. The summed E-state index contributed by atoms with van der Waals surface area (Å²) < 4.78 is 5.61. The van der Waals surface area contributed by atoms with Gasteiger partial charge < -0.3 is 4.74 Å². The van der Waals surface area contributed by atoms with Crippen LogP contribution in [0.25, 0.3) is 11.1 Å². The normalized spacial score (nSPS) is 10.8. The minimum Gasteiger partial charge on any atom is -0.423 e. The largest absolute Gasteiger partial charge is 0.423 e. The van der Waals surface area contributed by atoms with Gasteiger partial charge >= 0.3 is 5.97 Å². The summed E-state index contributed by atoms with van der Waals surface area (Å²) in [5.74, 6) is 1.32. The Morgan fingerprint density at radius 3 is 1.90 bits per heavy atom. The predicted molar refractivity (Wildman–Crippen MR) is 174 cm³/mol. The molecule has 0 radical (unpaired) electrons. The highest BCUT2D eigenvalue weighted by Crippen LogP contribution is 2.23. The number of hydrogen-bond acceptors (Lipinski definition) is 4. The van der Waals surface area contributed by atoms with Crippen molar-refractivity contribution in [3.63, 3.8) is 0 Å². The van der Waals surface area contributed by atoms with Crippen molar-refractivity contribution in [2.75, 3.05) is 5.75 Å². The SMILES string of the molecule is CCCCCCCCSc1ccc(C(=O)Oc2ccc(CC(=S)Cc3ccc(-c4ccccc4)cc3)cc2)cc1. The van der Waals surface area contributed by atoms with Crippen LogP contribution in [0.3, 0.4) is 0 Å². The van der Waals surface area contributed by atoms with E-state index in [0.717, 1.165) is 22.6 Å². The summed E-state index contributed by atoms with van der Waals surface area (Å²) in [6.07, 6.45) is 9.31. The van der Waals surface area contributed by atoms with E-state index in [0.29, 0.717) is 17.7 Å². The summed E-state index contributed by atoms with van der Waals surface area (Å²) in [6.45, 7) is 2.25. The van der Waals surface area contributed by atoms with Crippen LogP contribution in [0, 0.1) is 0 Å². The number of esters is 1. The topological polar surface area (TPSA) is 26.3 Å². The quantitative estimate of drug-likeness (QED) is 0.0470. The first-order chi connectivity index (χ1) is 19.6. The molecule has 4 aromatic carbocycles. The molecular formula is C36H38O2S2. The van der Waals surface area contributed by atoms with Crippen molar-refractivity contribution >= 4 is 34.8 Å². The van der Waals surface area contributed by atoms with E-state index in [1.807, 2.05) is 66.4 Å². The Bertz CT molecular complexity index is 1330. The van der Waals surface area contributed by atoms with Crippen LogP contribution in [0.4, 0.5) is 0 Å². The van der Waals surface area contributed by atoms with Crippen molar-refractivity contribution in [3.8, 4) is 16.9 Å². The smallest absolute Gasteiger partial charge is 0.343 e. The molecule has 2 nitrogen and oxygen atoms in total. The van der Waals surface area contributed by atoms with Gasteiger partial charge in [-0.3, -0.25) is 0 Å². The van der Waals surface area contributed by atoms with Crippen LogP contribution in [0.15, 0.2) is 108 Å². The fourth-order valence-corrected chi connectivity index (χ4v) is 5.81. The molecule has 0 N–H and O–H groups in total. The Balaban J connectivity index is 1.20. The number of benzene rings is 4. The van der Waals surface area contributed by atoms with Crippen molar-refractivity contribution in [1.82, 2.24) is 0 Å². The first-order valence-electron chi connectivity index (χ1n) is 14.3. The molecule has 0 spiro atoms. The summed E-state index contributed by atoms with van der Waals surface area (Å²) in [4.78, 5) is 14.8. The highest BCUT2D eigenvalue weighted by molar-refractivity contribution is 7.99. The lowest BCUT2D eigenvalue weighted by Crippen LogP contribution is -2.08. The molecule has 0 aliphatic carbocycles. The van der Waals surface area contributed by atoms with Gasteiger partial charge in [0.25, 0.3) is 0 Å². The van der Waals surface area contributed by atoms with Gasteiger partial charge in [-0.25, -0.2) is 4.79 Å². The zero-order valence-corrected chi connectivity index (χ0v) is 24.9. The van der Waals surface area contributed by atoms with Gasteiger partial charge in [0.1, 0.15) is 5.75 Å². The molecule has 206 valence electrons. The van der Waals surface area contributed by atoms with Gasteiger partial charge in [0.2, 0.25) is 0 Å².